The van der Waals surface area contributed by atoms with Crippen LogP contribution in [0.25, 0.3) is 54.2 Å². The van der Waals surface area contributed by atoms with E-state index >= 15 is 0 Å². The van der Waals surface area contributed by atoms with Gasteiger partial charge in [-0.05, 0) is 56.7 Å². The summed E-state index contributed by atoms with van der Waals surface area (Å²) < 4.78 is 144. The second-order valence-corrected chi connectivity index (χ2v) is 10.1. The smallest absolute Gasteiger partial charge is 0.226 e. The van der Waals surface area contributed by atoms with Gasteiger partial charge in [0.15, 0.2) is 46.5 Å². The zero-order valence-electron chi connectivity index (χ0n) is 23.0. The van der Waals surface area contributed by atoms with Gasteiger partial charge < -0.3 is 0 Å². The largest absolute Gasteiger partial charge is 0.270 e. The first-order chi connectivity index (χ1) is 22.8. The molecule has 0 spiro atoms. The number of hydrogen-bond donors (Lipinski definition) is 0. The van der Waals surface area contributed by atoms with Gasteiger partial charge in [-0.3, -0.25) is 0 Å². The molecule has 14 heteroatoms. The average molecular weight is 660 g/mol. The molecule has 0 heterocycles. The van der Waals surface area contributed by atoms with Crippen molar-refractivity contribution in [3.63, 3.8) is 0 Å². The standard InChI is InChI=1S/C34H6F10N4/c1-47-17(9-45)21-13-5-3-11(19-25(35)29(39)33(43)30(40)26(19)36)7-15(13)24-22(18(10-46)48-2)14-6-4-12(8-16(14)23(21)24)20-27(37)31(41)34(44)32(42)28(20)38/h3-8H/b21-17-,22-18+. The third kappa shape index (κ3) is 4.07. The van der Waals surface area contributed by atoms with E-state index in [1.165, 1.54) is 0 Å². The number of fused-ring (bicyclic) bond motifs is 4. The molecule has 232 valence electrons. The Morgan fingerprint density at radius 2 is 0.750 bits per heavy atom. The molecule has 0 unspecified atom stereocenters. The van der Waals surface area contributed by atoms with Crippen LogP contribution in [0.5, 0.6) is 0 Å². The summed E-state index contributed by atoms with van der Waals surface area (Å²) in [7, 11) is 0. The Labute approximate surface area is 262 Å². The van der Waals surface area contributed by atoms with Crippen molar-refractivity contribution >= 4 is 22.3 Å². The minimum absolute atomic E-state index is 0.0489. The fourth-order valence-electron chi connectivity index (χ4n) is 5.79. The molecule has 4 aromatic carbocycles. The maximum atomic E-state index is 14.8. The van der Waals surface area contributed by atoms with Gasteiger partial charge >= 0.3 is 0 Å². The molecule has 2 aliphatic rings. The molecule has 0 aliphatic heterocycles. The lowest BCUT2D eigenvalue weighted by atomic mass is 9.88. The Morgan fingerprint density at radius 3 is 1.02 bits per heavy atom. The van der Waals surface area contributed by atoms with E-state index in [9.17, 15) is 54.4 Å². The van der Waals surface area contributed by atoms with Crippen molar-refractivity contribution in [3.8, 4) is 34.4 Å². The minimum Gasteiger partial charge on any atom is -0.226 e. The number of allylic oxidation sites excluding steroid dienone is 6. The summed E-state index contributed by atoms with van der Waals surface area (Å²) in [5.41, 5.74) is -6.32. The van der Waals surface area contributed by atoms with Gasteiger partial charge in [0, 0.05) is 11.1 Å². The zero-order chi connectivity index (χ0) is 34.9. The molecule has 4 nitrogen and oxygen atoms in total. The van der Waals surface area contributed by atoms with E-state index in [0.717, 1.165) is 36.4 Å². The van der Waals surface area contributed by atoms with Gasteiger partial charge in [0.05, 0.1) is 36.4 Å². The summed E-state index contributed by atoms with van der Waals surface area (Å²) in [6, 6.07) is 9.17. The Balaban J connectivity index is 1.75. The normalized spacial score (nSPS) is 14.8. The highest BCUT2D eigenvalue weighted by atomic mass is 19.2. The van der Waals surface area contributed by atoms with E-state index in [1.807, 2.05) is 0 Å². The van der Waals surface area contributed by atoms with E-state index in [-0.39, 0.29) is 44.5 Å². The second kappa shape index (κ2) is 11.0. The lowest BCUT2D eigenvalue weighted by Gasteiger charge is -2.16. The fraction of sp³-hybridized carbons (Fsp3) is 0. The van der Waals surface area contributed by atoms with Crippen molar-refractivity contribution in [1.29, 1.82) is 10.5 Å². The minimum atomic E-state index is -2.42. The summed E-state index contributed by atoms with van der Waals surface area (Å²) in [5.74, 6) is -22.6. The van der Waals surface area contributed by atoms with E-state index in [1.54, 1.807) is 12.1 Å². The first-order valence-electron chi connectivity index (χ1n) is 13.0. The lowest BCUT2D eigenvalue weighted by molar-refractivity contribution is 0.381. The van der Waals surface area contributed by atoms with Crippen molar-refractivity contribution < 1.29 is 43.9 Å². The Morgan fingerprint density at radius 1 is 0.458 bits per heavy atom. The van der Waals surface area contributed by atoms with Crippen LogP contribution in [-0.2, 0) is 0 Å². The highest BCUT2D eigenvalue weighted by Crippen LogP contribution is 2.60. The summed E-state index contributed by atoms with van der Waals surface area (Å²) in [5, 5.41) is 19.7. The van der Waals surface area contributed by atoms with Crippen LogP contribution in [0.1, 0.15) is 22.3 Å². The van der Waals surface area contributed by atoms with Crippen LogP contribution in [0.4, 0.5) is 43.9 Å². The van der Waals surface area contributed by atoms with Gasteiger partial charge in [0.1, 0.15) is 0 Å². The van der Waals surface area contributed by atoms with E-state index in [0.29, 0.717) is 0 Å². The summed E-state index contributed by atoms with van der Waals surface area (Å²) in [4.78, 5) is 6.37. The third-order valence-electron chi connectivity index (χ3n) is 7.77. The lowest BCUT2D eigenvalue weighted by Crippen LogP contribution is -2.05. The predicted molar refractivity (Wildman–Crippen MR) is 148 cm³/mol. The van der Waals surface area contributed by atoms with Crippen LogP contribution in [0.2, 0.25) is 0 Å². The van der Waals surface area contributed by atoms with Crippen molar-refractivity contribution in [2.45, 2.75) is 0 Å². The molecular weight excluding hydrogens is 654 g/mol. The van der Waals surface area contributed by atoms with E-state index in [2.05, 4.69) is 9.69 Å². The Kier molecular flexibility index (Phi) is 7.19. The van der Waals surface area contributed by atoms with Gasteiger partial charge in [-0.2, -0.15) is 0 Å². The average Bonchev–Trinajstić information content (AvgIpc) is 3.58. The molecule has 0 atom stereocenters. The van der Waals surface area contributed by atoms with Crippen molar-refractivity contribution in [1.82, 2.24) is 0 Å². The Hall–Kier alpha value is -6.64. The second-order valence-electron chi connectivity index (χ2n) is 10.1. The summed E-state index contributed by atoms with van der Waals surface area (Å²) in [6.45, 7) is 15.2. The van der Waals surface area contributed by atoms with Crippen LogP contribution in [0.15, 0.2) is 47.8 Å². The van der Waals surface area contributed by atoms with Crippen LogP contribution in [0.3, 0.4) is 0 Å². The topological polar surface area (TPSA) is 56.3 Å². The third-order valence-corrected chi connectivity index (χ3v) is 7.77. The first-order valence-corrected chi connectivity index (χ1v) is 13.0. The first kappa shape index (κ1) is 31.3. The van der Waals surface area contributed by atoms with Crippen LogP contribution in [-0.4, -0.2) is 0 Å². The molecule has 0 amide bonds. The van der Waals surface area contributed by atoms with Gasteiger partial charge in [-0.25, -0.2) is 64.1 Å². The maximum absolute atomic E-state index is 14.8. The van der Waals surface area contributed by atoms with Crippen molar-refractivity contribution in [3.05, 3.63) is 151 Å². The molecule has 0 radical (unpaired) electrons. The summed E-state index contributed by atoms with van der Waals surface area (Å²) in [6.07, 6.45) is 0. The molecule has 0 saturated carbocycles. The number of nitrogens with zero attached hydrogens (tertiary/aromatic N) is 4. The zero-order valence-corrected chi connectivity index (χ0v) is 23.0. The molecule has 6 rings (SSSR count). The van der Waals surface area contributed by atoms with Gasteiger partial charge in [-0.15, -0.1) is 0 Å². The molecule has 0 aromatic heterocycles. The number of rotatable bonds is 2. The molecule has 0 N–H and O–H groups in total. The SMILES string of the molecule is [C-]#[N+]/C(C#N)=C1C2=C(/C(=C(\C#N)[N+]#[C-])c3ccc(-c4c(F)c(F)c(F)c(F)c4F)cc32)c2cc(-c3c(F)c(F)c(F)c(F)c3F)ccc2\1. The molecule has 48 heavy (non-hydrogen) atoms. The van der Waals surface area contributed by atoms with Crippen molar-refractivity contribution in [2.75, 3.05) is 0 Å². The molecular formula is C34H6F10N4. The predicted octanol–water partition coefficient (Wildman–Crippen LogP) is 9.66. The number of benzene rings is 4. The Bertz CT molecular complexity index is 2240. The van der Waals surface area contributed by atoms with Crippen molar-refractivity contribution in [2.24, 2.45) is 0 Å². The van der Waals surface area contributed by atoms with Gasteiger partial charge in [0.2, 0.25) is 11.6 Å². The van der Waals surface area contributed by atoms with Crippen LogP contribution < -0.4 is 0 Å². The fourth-order valence-corrected chi connectivity index (χ4v) is 5.79. The molecule has 0 saturated heterocycles. The van der Waals surface area contributed by atoms with Crippen LogP contribution in [0, 0.1) is 94.0 Å². The highest BCUT2D eigenvalue weighted by Gasteiger charge is 2.41. The number of hydrogen-bond acceptors (Lipinski definition) is 2. The molecule has 4 aromatic rings. The maximum Gasteiger partial charge on any atom is 0.270 e. The monoisotopic (exact) mass is 660 g/mol. The van der Waals surface area contributed by atoms with Gasteiger partial charge in [0.25, 0.3) is 11.4 Å². The summed E-state index contributed by atoms with van der Waals surface area (Å²) >= 11 is 0. The van der Waals surface area contributed by atoms with E-state index in [4.69, 9.17) is 13.1 Å². The number of halogens is 10. The highest BCUT2D eigenvalue weighted by molar-refractivity contribution is 6.37. The molecule has 0 fully saturated rings. The van der Waals surface area contributed by atoms with Crippen LogP contribution >= 0.6 is 0 Å². The molecule has 2 aliphatic carbocycles. The molecule has 0 bridgehead atoms. The number of nitriles is 2. The quantitative estimate of drug-likeness (QED) is 0.0707. The van der Waals surface area contributed by atoms with E-state index < -0.39 is 91.8 Å². The van der Waals surface area contributed by atoms with Gasteiger partial charge in [-0.1, -0.05) is 24.3 Å².